The van der Waals surface area contributed by atoms with Crippen molar-refractivity contribution < 1.29 is 9.90 Å². The molecule has 1 heterocycles. The molecule has 5 heteroatoms. The summed E-state index contributed by atoms with van der Waals surface area (Å²) in [5, 5.41) is 10.6. The van der Waals surface area contributed by atoms with Crippen LogP contribution in [0.25, 0.3) is 0 Å². The van der Waals surface area contributed by atoms with Crippen molar-refractivity contribution >= 4 is 17.5 Å². The molecule has 1 fully saturated rings. The fourth-order valence-corrected chi connectivity index (χ4v) is 3.13. The van der Waals surface area contributed by atoms with Crippen LogP contribution in [0.3, 0.4) is 0 Å². The molecule has 0 aliphatic carbocycles. The van der Waals surface area contributed by atoms with Gasteiger partial charge in [0.1, 0.15) is 5.75 Å². The number of aromatic hydroxyl groups is 1. The lowest BCUT2D eigenvalue weighted by molar-refractivity contribution is 0.0758. The van der Waals surface area contributed by atoms with Crippen molar-refractivity contribution in [1.29, 1.82) is 0 Å². The third-order valence-electron chi connectivity index (χ3n) is 4.33. The highest BCUT2D eigenvalue weighted by molar-refractivity contribution is 6.30. The molecule has 2 aromatic rings. The van der Waals surface area contributed by atoms with Crippen LogP contribution in [-0.4, -0.2) is 47.0 Å². The summed E-state index contributed by atoms with van der Waals surface area (Å²) in [6.45, 7) is 4.01. The first-order valence-electron chi connectivity index (χ1n) is 8.17. The molecule has 1 aliphatic heterocycles. The Balaban J connectivity index is 1.61. The van der Waals surface area contributed by atoms with Gasteiger partial charge in [0, 0.05) is 37.7 Å². The Morgan fingerprint density at radius 1 is 1.00 bits per heavy atom. The Kier molecular flexibility index (Phi) is 5.38. The van der Waals surface area contributed by atoms with Crippen molar-refractivity contribution in [1.82, 2.24) is 9.80 Å². The number of para-hydroxylation sites is 1. The SMILES string of the molecule is O=C(c1ccccc1O)N1CCCN(Cc2ccc(Cl)cc2)CC1. The molecule has 1 aliphatic rings. The molecular formula is C19H21ClN2O2. The number of hydrogen-bond donors (Lipinski definition) is 1. The number of rotatable bonds is 3. The summed E-state index contributed by atoms with van der Waals surface area (Å²) in [5.41, 5.74) is 1.60. The van der Waals surface area contributed by atoms with Gasteiger partial charge in [0.15, 0.2) is 0 Å². The van der Waals surface area contributed by atoms with Crippen LogP contribution in [0.1, 0.15) is 22.3 Å². The Bertz CT molecular complexity index is 703. The van der Waals surface area contributed by atoms with Gasteiger partial charge >= 0.3 is 0 Å². The first-order chi connectivity index (χ1) is 11.6. The predicted octanol–water partition coefficient (Wildman–Crippen LogP) is 3.39. The van der Waals surface area contributed by atoms with E-state index in [1.165, 1.54) is 5.56 Å². The molecule has 2 aromatic carbocycles. The summed E-state index contributed by atoms with van der Waals surface area (Å²) in [7, 11) is 0. The second kappa shape index (κ2) is 7.69. The maximum absolute atomic E-state index is 12.6. The fourth-order valence-electron chi connectivity index (χ4n) is 3.00. The van der Waals surface area contributed by atoms with Gasteiger partial charge in [0.2, 0.25) is 0 Å². The Labute approximate surface area is 147 Å². The predicted molar refractivity (Wildman–Crippen MR) is 95.4 cm³/mol. The Morgan fingerprint density at radius 2 is 1.75 bits per heavy atom. The molecule has 0 atom stereocenters. The van der Waals surface area contributed by atoms with E-state index in [0.717, 1.165) is 31.1 Å². The van der Waals surface area contributed by atoms with Crippen LogP contribution in [0.5, 0.6) is 5.75 Å². The molecule has 126 valence electrons. The van der Waals surface area contributed by atoms with E-state index in [1.807, 2.05) is 29.2 Å². The second-order valence-electron chi connectivity index (χ2n) is 6.07. The summed E-state index contributed by atoms with van der Waals surface area (Å²) in [6, 6.07) is 14.6. The van der Waals surface area contributed by atoms with Crippen molar-refractivity contribution in [3.05, 3.63) is 64.7 Å². The molecule has 24 heavy (non-hydrogen) atoms. The van der Waals surface area contributed by atoms with E-state index < -0.39 is 0 Å². The van der Waals surface area contributed by atoms with E-state index in [1.54, 1.807) is 24.3 Å². The van der Waals surface area contributed by atoms with Crippen LogP contribution in [0.15, 0.2) is 48.5 Å². The second-order valence-corrected chi connectivity index (χ2v) is 6.50. The zero-order valence-electron chi connectivity index (χ0n) is 13.5. The zero-order chi connectivity index (χ0) is 16.9. The molecule has 0 aromatic heterocycles. The van der Waals surface area contributed by atoms with Crippen molar-refractivity contribution in [2.75, 3.05) is 26.2 Å². The number of benzene rings is 2. The van der Waals surface area contributed by atoms with E-state index in [-0.39, 0.29) is 11.7 Å². The minimum atomic E-state index is -0.0959. The number of carbonyl (C=O) groups excluding carboxylic acids is 1. The molecule has 0 saturated carbocycles. The summed E-state index contributed by atoms with van der Waals surface area (Å²) in [5.74, 6) is -0.0498. The van der Waals surface area contributed by atoms with Gasteiger partial charge in [-0.3, -0.25) is 9.69 Å². The lowest BCUT2D eigenvalue weighted by Crippen LogP contribution is -2.35. The van der Waals surface area contributed by atoms with E-state index in [0.29, 0.717) is 18.7 Å². The number of nitrogens with zero attached hydrogens (tertiary/aromatic N) is 2. The van der Waals surface area contributed by atoms with Gasteiger partial charge in [-0.25, -0.2) is 0 Å². The molecule has 3 rings (SSSR count). The van der Waals surface area contributed by atoms with Crippen LogP contribution in [0, 0.1) is 0 Å². The monoisotopic (exact) mass is 344 g/mol. The van der Waals surface area contributed by atoms with Crippen molar-refractivity contribution in [2.45, 2.75) is 13.0 Å². The van der Waals surface area contributed by atoms with Gasteiger partial charge in [0.05, 0.1) is 5.56 Å². The molecule has 4 nitrogen and oxygen atoms in total. The van der Waals surface area contributed by atoms with Gasteiger partial charge in [-0.2, -0.15) is 0 Å². The normalized spacial score (nSPS) is 16.0. The van der Waals surface area contributed by atoms with Crippen LogP contribution in [0.2, 0.25) is 5.02 Å². The highest BCUT2D eigenvalue weighted by Crippen LogP contribution is 2.19. The van der Waals surface area contributed by atoms with Crippen molar-refractivity contribution in [3.8, 4) is 5.75 Å². The highest BCUT2D eigenvalue weighted by Gasteiger charge is 2.22. The number of hydrogen-bond acceptors (Lipinski definition) is 3. The van der Waals surface area contributed by atoms with Crippen LogP contribution in [0.4, 0.5) is 0 Å². The van der Waals surface area contributed by atoms with Crippen molar-refractivity contribution in [2.24, 2.45) is 0 Å². The number of halogens is 1. The minimum absolute atomic E-state index is 0.0461. The van der Waals surface area contributed by atoms with Gasteiger partial charge < -0.3 is 10.0 Å². The third kappa shape index (κ3) is 4.08. The quantitative estimate of drug-likeness (QED) is 0.928. The number of carbonyl (C=O) groups is 1. The molecule has 1 N–H and O–H groups in total. The minimum Gasteiger partial charge on any atom is -0.507 e. The van der Waals surface area contributed by atoms with Gasteiger partial charge in [0.25, 0.3) is 5.91 Å². The topological polar surface area (TPSA) is 43.8 Å². The molecule has 0 spiro atoms. The van der Waals surface area contributed by atoms with Crippen molar-refractivity contribution in [3.63, 3.8) is 0 Å². The maximum atomic E-state index is 12.6. The average molecular weight is 345 g/mol. The van der Waals surface area contributed by atoms with E-state index in [9.17, 15) is 9.90 Å². The van der Waals surface area contributed by atoms with Crippen LogP contribution < -0.4 is 0 Å². The molecule has 0 unspecified atom stereocenters. The van der Waals surface area contributed by atoms with E-state index in [4.69, 9.17) is 11.6 Å². The first kappa shape index (κ1) is 16.8. The standard InChI is InChI=1S/C19H21ClN2O2/c20-16-8-6-15(7-9-16)14-21-10-3-11-22(13-12-21)19(24)17-4-1-2-5-18(17)23/h1-2,4-9,23H,3,10-14H2. The Hall–Kier alpha value is -2.04. The first-order valence-corrected chi connectivity index (χ1v) is 8.55. The summed E-state index contributed by atoms with van der Waals surface area (Å²) < 4.78 is 0. The number of phenolic OH excluding ortho intramolecular Hbond substituents is 1. The summed E-state index contributed by atoms with van der Waals surface area (Å²) in [4.78, 5) is 16.8. The summed E-state index contributed by atoms with van der Waals surface area (Å²) >= 11 is 5.93. The molecule has 1 saturated heterocycles. The van der Waals surface area contributed by atoms with E-state index >= 15 is 0 Å². The number of amides is 1. The third-order valence-corrected chi connectivity index (χ3v) is 4.58. The lowest BCUT2D eigenvalue weighted by Gasteiger charge is -2.22. The highest BCUT2D eigenvalue weighted by atomic mass is 35.5. The van der Waals surface area contributed by atoms with Crippen LogP contribution >= 0.6 is 11.6 Å². The van der Waals surface area contributed by atoms with Gasteiger partial charge in [-0.05, 0) is 36.2 Å². The smallest absolute Gasteiger partial charge is 0.257 e. The maximum Gasteiger partial charge on any atom is 0.257 e. The molecule has 0 radical (unpaired) electrons. The molecule has 0 bridgehead atoms. The van der Waals surface area contributed by atoms with Gasteiger partial charge in [-0.15, -0.1) is 0 Å². The fraction of sp³-hybridized carbons (Fsp3) is 0.316. The van der Waals surface area contributed by atoms with E-state index in [2.05, 4.69) is 4.90 Å². The van der Waals surface area contributed by atoms with Crippen LogP contribution in [-0.2, 0) is 6.54 Å². The summed E-state index contributed by atoms with van der Waals surface area (Å²) in [6.07, 6.45) is 0.924. The zero-order valence-corrected chi connectivity index (χ0v) is 14.2. The molecular weight excluding hydrogens is 324 g/mol. The van der Waals surface area contributed by atoms with Gasteiger partial charge in [-0.1, -0.05) is 35.9 Å². The largest absolute Gasteiger partial charge is 0.507 e. The Morgan fingerprint density at radius 3 is 2.50 bits per heavy atom. The molecule has 1 amide bonds. The average Bonchev–Trinajstić information content (AvgIpc) is 2.82. The lowest BCUT2D eigenvalue weighted by atomic mass is 10.1. The number of phenols is 1.